The molecule has 0 saturated carbocycles. The fourth-order valence-electron chi connectivity index (χ4n) is 5.44. The lowest BCUT2D eigenvalue weighted by atomic mass is 9.72. The minimum Gasteiger partial charge on any atom is -0.155 e. The van der Waals surface area contributed by atoms with Gasteiger partial charge in [-0.05, 0) is 97.2 Å². The number of hydrogen-bond donors (Lipinski definition) is 0. The highest BCUT2D eigenvalue weighted by Crippen LogP contribution is 2.29. The quantitative estimate of drug-likeness (QED) is 0.0660. The molecule has 5 heteroatoms. The molecule has 38 heavy (non-hydrogen) atoms. The van der Waals surface area contributed by atoms with Gasteiger partial charge in [0.2, 0.25) is 7.28 Å². The zero-order chi connectivity index (χ0) is 27.2. The first kappa shape index (κ1) is 32.2. The topological polar surface area (TPSA) is 0 Å². The lowest BCUT2D eigenvalue weighted by Crippen LogP contribution is -2.24. The highest BCUT2D eigenvalue weighted by Gasteiger charge is 2.16. The third-order valence-electron chi connectivity index (χ3n) is 7.64. The summed E-state index contributed by atoms with van der Waals surface area (Å²) in [5, 5.41) is 1.14. The molecule has 0 saturated heterocycles. The maximum absolute atomic E-state index is 3.56. The predicted octanol–water partition coefficient (Wildman–Crippen LogP) is 10.2. The smallest absolute Gasteiger partial charge is 0.155 e. The minimum atomic E-state index is 1.14. The summed E-state index contributed by atoms with van der Waals surface area (Å²) in [6, 6.07) is 7.61. The second-order valence-electron chi connectivity index (χ2n) is 11.1. The molecule has 0 spiro atoms. The van der Waals surface area contributed by atoms with Crippen LogP contribution in [0.1, 0.15) is 127 Å². The zero-order valence-electron chi connectivity index (χ0n) is 24.6. The van der Waals surface area contributed by atoms with E-state index in [1.165, 1.54) is 101 Å². The van der Waals surface area contributed by atoms with Crippen LogP contribution < -0.4 is 9.55 Å². The van der Waals surface area contributed by atoms with E-state index in [1.807, 2.05) is 11.3 Å². The van der Waals surface area contributed by atoms with Crippen LogP contribution in [0.5, 0.6) is 0 Å². The van der Waals surface area contributed by atoms with E-state index in [0.717, 1.165) is 19.0 Å². The molecular weight excluding hydrogens is 583 g/mol. The van der Waals surface area contributed by atoms with E-state index in [1.54, 1.807) is 40.9 Å². The van der Waals surface area contributed by atoms with Crippen LogP contribution in [0.4, 0.5) is 0 Å². The second-order valence-corrected chi connectivity index (χ2v) is 15.8. The largest absolute Gasteiger partial charge is 0.218 e. The summed E-state index contributed by atoms with van der Waals surface area (Å²) in [4.78, 5) is 6.24. The summed E-state index contributed by atoms with van der Waals surface area (Å²) < 4.78 is 3.21. The van der Waals surface area contributed by atoms with Crippen molar-refractivity contribution in [3.8, 4) is 0 Å². The van der Waals surface area contributed by atoms with Gasteiger partial charge in [-0.15, -0.1) is 11.3 Å². The number of thiophene rings is 3. The number of hydrogen-bond acceptors (Lipinski definition) is 3. The Morgan fingerprint density at radius 3 is 1.97 bits per heavy atom. The summed E-state index contributed by atoms with van der Waals surface area (Å²) in [5.41, 5.74) is 4.87. The summed E-state index contributed by atoms with van der Waals surface area (Å²) in [6.07, 6.45) is 21.0. The Kier molecular flexibility index (Phi) is 15.4. The van der Waals surface area contributed by atoms with Crippen LogP contribution in [0.3, 0.4) is 0 Å². The molecule has 3 heterocycles. The van der Waals surface area contributed by atoms with Crippen molar-refractivity contribution in [2.75, 3.05) is 5.33 Å². The Labute approximate surface area is 255 Å². The molecule has 0 unspecified atom stereocenters. The van der Waals surface area contributed by atoms with Crippen molar-refractivity contribution in [3.05, 3.63) is 54.4 Å². The third kappa shape index (κ3) is 10.9. The molecule has 0 amide bonds. The second kappa shape index (κ2) is 18.2. The van der Waals surface area contributed by atoms with Crippen molar-refractivity contribution in [1.29, 1.82) is 0 Å². The average molecular weight is 634 g/mol. The maximum atomic E-state index is 3.56. The van der Waals surface area contributed by atoms with Gasteiger partial charge in [-0.2, -0.15) is 22.7 Å². The Hall–Kier alpha value is -0.355. The molecular formula is C33H50BBrS3. The van der Waals surface area contributed by atoms with Gasteiger partial charge in [-0.1, -0.05) is 87.2 Å². The van der Waals surface area contributed by atoms with E-state index < -0.39 is 0 Å². The van der Waals surface area contributed by atoms with Gasteiger partial charge in [0.15, 0.2) is 0 Å². The molecule has 0 fully saturated rings. The standard InChI is InChI=1S/C33H50BBrS3/c1-5-7-9-13-18-28-23-32(34-33-29(21-25(3)36-33)19-14-10-8-6-2)38-31(28)24-30-22-27(26(4)37-30)17-15-11-12-16-20-35/h21-23,34H,5-20,24H2,1-4H3. The molecule has 3 rings (SSSR count). The van der Waals surface area contributed by atoms with Crippen molar-refractivity contribution < 1.29 is 0 Å². The van der Waals surface area contributed by atoms with E-state index in [0.29, 0.717) is 0 Å². The Morgan fingerprint density at radius 2 is 1.29 bits per heavy atom. The summed E-state index contributed by atoms with van der Waals surface area (Å²) in [6.45, 7) is 9.26. The summed E-state index contributed by atoms with van der Waals surface area (Å²) in [5.74, 6) is 0. The molecule has 0 aliphatic rings. The van der Waals surface area contributed by atoms with Crippen LogP contribution in [0.15, 0.2) is 18.2 Å². The zero-order valence-corrected chi connectivity index (χ0v) is 28.6. The lowest BCUT2D eigenvalue weighted by molar-refractivity contribution is 0.666. The van der Waals surface area contributed by atoms with Crippen LogP contribution in [0, 0.1) is 13.8 Å². The SMILES string of the molecule is CCCCCCc1cc(C)sc1Bc1cc(CCCCCC)c(Cc2cc(CCCCCCBr)c(C)s2)s1. The predicted molar refractivity (Wildman–Crippen MR) is 183 cm³/mol. The van der Waals surface area contributed by atoms with E-state index in [9.17, 15) is 0 Å². The van der Waals surface area contributed by atoms with Crippen molar-refractivity contribution in [2.24, 2.45) is 0 Å². The average Bonchev–Trinajstić information content (AvgIpc) is 3.56. The van der Waals surface area contributed by atoms with Gasteiger partial charge in [0.25, 0.3) is 0 Å². The molecule has 3 aromatic rings. The Morgan fingerprint density at radius 1 is 0.658 bits per heavy atom. The highest BCUT2D eigenvalue weighted by atomic mass is 79.9. The van der Waals surface area contributed by atoms with Crippen LogP contribution in [0.2, 0.25) is 0 Å². The van der Waals surface area contributed by atoms with Crippen molar-refractivity contribution in [3.63, 3.8) is 0 Å². The molecule has 0 aliphatic carbocycles. The molecule has 0 N–H and O–H groups in total. The number of halogens is 1. The Bertz CT molecular complexity index is 1060. The summed E-state index contributed by atoms with van der Waals surface area (Å²) in [7, 11) is 1.14. The van der Waals surface area contributed by atoms with Gasteiger partial charge in [0.05, 0.1) is 0 Å². The first-order chi connectivity index (χ1) is 18.5. The molecule has 0 nitrogen and oxygen atoms in total. The van der Waals surface area contributed by atoms with Crippen LogP contribution in [-0.2, 0) is 25.7 Å². The molecule has 3 aromatic heterocycles. The molecule has 0 aromatic carbocycles. The molecule has 0 aliphatic heterocycles. The van der Waals surface area contributed by atoms with E-state index in [-0.39, 0.29) is 0 Å². The fraction of sp³-hybridized carbons (Fsp3) is 0.636. The Balaban J connectivity index is 1.70. The number of unbranched alkanes of at least 4 members (excludes halogenated alkanes) is 9. The number of alkyl halides is 1. The molecule has 0 atom stereocenters. The fourth-order valence-corrected chi connectivity index (χ4v) is 9.49. The van der Waals surface area contributed by atoms with E-state index >= 15 is 0 Å². The normalized spacial score (nSPS) is 11.5. The molecule has 0 bridgehead atoms. The highest BCUT2D eigenvalue weighted by molar-refractivity contribution is 9.09. The first-order valence-corrected chi connectivity index (χ1v) is 18.9. The van der Waals surface area contributed by atoms with Crippen molar-refractivity contribution in [2.45, 2.75) is 130 Å². The van der Waals surface area contributed by atoms with E-state index in [4.69, 9.17) is 0 Å². The van der Waals surface area contributed by atoms with Crippen molar-refractivity contribution in [1.82, 2.24) is 0 Å². The first-order valence-electron chi connectivity index (χ1n) is 15.4. The van der Waals surface area contributed by atoms with Gasteiger partial charge >= 0.3 is 0 Å². The van der Waals surface area contributed by atoms with Crippen LogP contribution in [0.25, 0.3) is 0 Å². The molecule has 210 valence electrons. The van der Waals surface area contributed by atoms with E-state index in [2.05, 4.69) is 84.5 Å². The monoisotopic (exact) mass is 632 g/mol. The third-order valence-corrected chi connectivity index (χ3v) is 11.6. The minimum absolute atomic E-state index is 1.14. The maximum Gasteiger partial charge on any atom is 0.218 e. The number of aryl methyl sites for hydroxylation is 5. The van der Waals surface area contributed by atoms with Gasteiger partial charge in [0.1, 0.15) is 0 Å². The lowest BCUT2D eigenvalue weighted by Gasteiger charge is -2.03. The van der Waals surface area contributed by atoms with Gasteiger partial charge in [-0.25, -0.2) is 0 Å². The number of rotatable bonds is 20. The molecule has 0 radical (unpaired) electrons. The van der Waals surface area contributed by atoms with Gasteiger partial charge < -0.3 is 0 Å². The van der Waals surface area contributed by atoms with Crippen molar-refractivity contribution >= 4 is 66.8 Å². The van der Waals surface area contributed by atoms with Gasteiger partial charge in [0, 0.05) is 31.3 Å². The van der Waals surface area contributed by atoms with Gasteiger partial charge in [-0.3, -0.25) is 0 Å². The summed E-state index contributed by atoms with van der Waals surface area (Å²) >= 11 is 9.77. The van der Waals surface area contributed by atoms with Crippen LogP contribution >= 0.6 is 49.9 Å². The van der Waals surface area contributed by atoms with Crippen LogP contribution in [-0.4, -0.2) is 12.6 Å².